The van der Waals surface area contributed by atoms with Crippen LogP contribution in [-0.2, 0) is 13.5 Å². The van der Waals surface area contributed by atoms with Crippen molar-refractivity contribution in [1.82, 2.24) is 9.78 Å². The van der Waals surface area contributed by atoms with E-state index in [4.69, 9.17) is 11.6 Å². The van der Waals surface area contributed by atoms with Gasteiger partial charge in [0.05, 0.1) is 11.9 Å². The fraction of sp³-hybridized carbons (Fsp3) is 0.286. The van der Waals surface area contributed by atoms with Crippen molar-refractivity contribution < 1.29 is 4.39 Å². The molecule has 0 radical (unpaired) electrons. The normalized spacial score (nSPS) is 10.6. The largest absolute Gasteiger partial charge is 0.382 e. The Kier molecular flexibility index (Phi) is 4.39. The monoisotopic (exact) mass is 295 g/mol. The summed E-state index contributed by atoms with van der Waals surface area (Å²) >= 11 is 5.95. The maximum absolute atomic E-state index is 13.0. The fourth-order valence-corrected chi connectivity index (χ4v) is 2.14. The average Bonchev–Trinajstić information content (AvgIpc) is 2.41. The maximum atomic E-state index is 13.0. The van der Waals surface area contributed by atoms with Gasteiger partial charge in [-0.25, -0.2) is 9.07 Å². The van der Waals surface area contributed by atoms with Crippen LogP contribution in [0.15, 0.2) is 29.2 Å². The second kappa shape index (κ2) is 6.05. The average molecular weight is 296 g/mol. The molecule has 1 heterocycles. The van der Waals surface area contributed by atoms with Gasteiger partial charge < -0.3 is 5.32 Å². The Labute approximate surface area is 121 Å². The van der Waals surface area contributed by atoms with E-state index in [1.807, 2.05) is 6.92 Å². The van der Waals surface area contributed by atoms with Gasteiger partial charge in [0.25, 0.3) is 5.56 Å². The van der Waals surface area contributed by atoms with E-state index in [2.05, 4.69) is 10.4 Å². The molecule has 2 rings (SSSR count). The minimum absolute atomic E-state index is 0.123. The van der Waals surface area contributed by atoms with Crippen LogP contribution in [0.25, 0.3) is 0 Å². The Morgan fingerprint density at radius 3 is 2.90 bits per heavy atom. The van der Waals surface area contributed by atoms with Crippen LogP contribution in [0.4, 0.5) is 10.1 Å². The third-order valence-corrected chi connectivity index (χ3v) is 3.46. The number of aromatic nitrogens is 2. The molecule has 0 amide bonds. The summed E-state index contributed by atoms with van der Waals surface area (Å²) < 4.78 is 14.2. The Bertz CT molecular complexity index is 685. The maximum Gasteiger partial charge on any atom is 0.287 e. The minimum atomic E-state index is -0.338. The third-order valence-electron chi connectivity index (χ3n) is 3.09. The van der Waals surface area contributed by atoms with E-state index >= 15 is 0 Å². The first-order valence-electron chi connectivity index (χ1n) is 6.19. The summed E-state index contributed by atoms with van der Waals surface area (Å²) in [7, 11) is 1.54. The van der Waals surface area contributed by atoms with Gasteiger partial charge in [-0.15, -0.1) is 0 Å². The van der Waals surface area contributed by atoms with Gasteiger partial charge in [0.1, 0.15) is 10.8 Å². The van der Waals surface area contributed by atoms with E-state index in [1.165, 1.54) is 23.0 Å². The van der Waals surface area contributed by atoms with Crippen molar-refractivity contribution in [3.63, 3.8) is 0 Å². The Hall–Kier alpha value is -1.88. The number of rotatable bonds is 4. The van der Waals surface area contributed by atoms with E-state index in [0.29, 0.717) is 18.7 Å². The smallest absolute Gasteiger partial charge is 0.287 e. The predicted octanol–water partition coefficient (Wildman–Crippen LogP) is 2.54. The molecule has 0 unspecified atom stereocenters. The molecule has 0 bridgehead atoms. The number of anilines is 1. The number of benzene rings is 1. The Morgan fingerprint density at radius 2 is 2.20 bits per heavy atom. The zero-order chi connectivity index (χ0) is 14.7. The predicted molar refractivity (Wildman–Crippen MR) is 77.8 cm³/mol. The molecular weight excluding hydrogens is 281 g/mol. The highest BCUT2D eigenvalue weighted by Gasteiger charge is 2.07. The van der Waals surface area contributed by atoms with Crippen LogP contribution in [0.2, 0.25) is 5.02 Å². The van der Waals surface area contributed by atoms with Gasteiger partial charge in [-0.05, 0) is 36.6 Å². The number of nitrogens with zero attached hydrogens (tertiary/aromatic N) is 2. The molecule has 2 aromatic rings. The zero-order valence-corrected chi connectivity index (χ0v) is 12.0. The first-order valence-corrected chi connectivity index (χ1v) is 6.57. The Balaban J connectivity index is 2.03. The lowest BCUT2D eigenvalue weighted by molar-refractivity contribution is 0.625. The number of hydrogen-bond donors (Lipinski definition) is 1. The standard InChI is InChI=1S/C14H15ClFN3O/c1-9-7-11(16)4-3-10(9)5-6-17-12-8-18-19(2)14(20)13(12)15/h3-4,7-8,17H,5-6H2,1-2H3. The van der Waals surface area contributed by atoms with Crippen LogP contribution < -0.4 is 10.9 Å². The highest BCUT2D eigenvalue weighted by atomic mass is 35.5. The summed E-state index contributed by atoms with van der Waals surface area (Å²) in [6.07, 6.45) is 2.22. The van der Waals surface area contributed by atoms with Crippen LogP contribution in [0.5, 0.6) is 0 Å². The van der Waals surface area contributed by atoms with Gasteiger partial charge in [0.2, 0.25) is 0 Å². The number of nitrogens with one attached hydrogen (secondary N) is 1. The topological polar surface area (TPSA) is 46.9 Å². The van der Waals surface area contributed by atoms with Crippen molar-refractivity contribution in [2.75, 3.05) is 11.9 Å². The van der Waals surface area contributed by atoms with Crippen LogP contribution in [0.1, 0.15) is 11.1 Å². The van der Waals surface area contributed by atoms with Crippen molar-refractivity contribution in [2.45, 2.75) is 13.3 Å². The molecule has 0 saturated heterocycles. The van der Waals surface area contributed by atoms with Gasteiger partial charge in [-0.2, -0.15) is 5.10 Å². The molecule has 0 fully saturated rings. The molecule has 1 aromatic carbocycles. The first-order chi connectivity index (χ1) is 9.49. The van der Waals surface area contributed by atoms with Crippen molar-refractivity contribution in [3.8, 4) is 0 Å². The molecule has 0 aliphatic rings. The molecule has 4 nitrogen and oxygen atoms in total. The van der Waals surface area contributed by atoms with E-state index in [-0.39, 0.29) is 16.4 Å². The summed E-state index contributed by atoms with van der Waals surface area (Å²) in [4.78, 5) is 11.6. The lowest BCUT2D eigenvalue weighted by Gasteiger charge is -2.10. The summed E-state index contributed by atoms with van der Waals surface area (Å²) in [5.41, 5.74) is 2.12. The number of hydrogen-bond acceptors (Lipinski definition) is 3. The van der Waals surface area contributed by atoms with E-state index in [0.717, 1.165) is 11.1 Å². The fourth-order valence-electron chi connectivity index (χ4n) is 1.91. The summed E-state index contributed by atoms with van der Waals surface area (Å²) in [5, 5.41) is 7.10. The molecule has 0 aliphatic heterocycles. The molecule has 0 atom stereocenters. The van der Waals surface area contributed by atoms with E-state index in [9.17, 15) is 9.18 Å². The summed E-state index contributed by atoms with van der Waals surface area (Å²) in [5.74, 6) is -0.238. The molecule has 106 valence electrons. The van der Waals surface area contributed by atoms with Crippen molar-refractivity contribution in [3.05, 3.63) is 56.7 Å². The van der Waals surface area contributed by atoms with Gasteiger partial charge in [0, 0.05) is 13.6 Å². The number of halogens is 2. The second-order valence-electron chi connectivity index (χ2n) is 4.55. The SMILES string of the molecule is Cc1cc(F)ccc1CCNc1cnn(C)c(=O)c1Cl. The lowest BCUT2D eigenvalue weighted by atomic mass is 10.1. The van der Waals surface area contributed by atoms with E-state index < -0.39 is 0 Å². The molecule has 6 heteroatoms. The second-order valence-corrected chi connectivity index (χ2v) is 4.93. The highest BCUT2D eigenvalue weighted by Crippen LogP contribution is 2.16. The van der Waals surface area contributed by atoms with Crippen LogP contribution >= 0.6 is 11.6 Å². The van der Waals surface area contributed by atoms with Gasteiger partial charge >= 0.3 is 0 Å². The summed E-state index contributed by atoms with van der Waals surface area (Å²) in [6.45, 7) is 2.45. The molecule has 20 heavy (non-hydrogen) atoms. The van der Waals surface area contributed by atoms with Crippen LogP contribution in [-0.4, -0.2) is 16.3 Å². The molecule has 0 saturated carbocycles. The first kappa shape index (κ1) is 14.5. The zero-order valence-electron chi connectivity index (χ0n) is 11.3. The lowest BCUT2D eigenvalue weighted by Crippen LogP contribution is -2.21. The van der Waals surface area contributed by atoms with Crippen LogP contribution in [0, 0.1) is 12.7 Å². The van der Waals surface area contributed by atoms with Crippen LogP contribution in [0.3, 0.4) is 0 Å². The quantitative estimate of drug-likeness (QED) is 0.943. The molecule has 1 N–H and O–H groups in total. The van der Waals surface area contributed by atoms with E-state index in [1.54, 1.807) is 13.1 Å². The van der Waals surface area contributed by atoms with Crippen molar-refractivity contribution in [1.29, 1.82) is 0 Å². The van der Waals surface area contributed by atoms with Crippen molar-refractivity contribution >= 4 is 17.3 Å². The van der Waals surface area contributed by atoms with Crippen molar-refractivity contribution in [2.24, 2.45) is 7.05 Å². The molecule has 1 aromatic heterocycles. The molecule has 0 spiro atoms. The summed E-state index contributed by atoms with van der Waals surface area (Å²) in [6, 6.07) is 4.70. The Morgan fingerprint density at radius 1 is 1.45 bits per heavy atom. The third kappa shape index (κ3) is 3.17. The minimum Gasteiger partial charge on any atom is -0.382 e. The number of aryl methyl sites for hydroxylation is 2. The van der Waals surface area contributed by atoms with Gasteiger partial charge in [0.15, 0.2) is 0 Å². The molecule has 0 aliphatic carbocycles. The van der Waals surface area contributed by atoms with Gasteiger partial charge in [-0.1, -0.05) is 17.7 Å². The van der Waals surface area contributed by atoms with Gasteiger partial charge in [-0.3, -0.25) is 4.79 Å². The highest BCUT2D eigenvalue weighted by molar-refractivity contribution is 6.32. The molecular formula is C14H15ClFN3O.